The first-order chi connectivity index (χ1) is 36.3. The molecule has 2 aliphatic carbocycles. The van der Waals surface area contributed by atoms with E-state index in [1.807, 2.05) is 0 Å². The highest BCUT2D eigenvalue weighted by atomic mass is 15.2. The molecule has 1 heterocycles. The zero-order chi connectivity index (χ0) is 48.0. The lowest BCUT2D eigenvalue weighted by Crippen LogP contribution is -2.32. The summed E-state index contributed by atoms with van der Waals surface area (Å²) in [6.45, 7) is 0. The summed E-state index contributed by atoms with van der Waals surface area (Å²) in [6, 6.07) is 104. The average Bonchev–Trinajstić information content (AvgIpc) is 3.96. The highest BCUT2D eigenvalue weighted by Crippen LogP contribution is 2.64. The van der Waals surface area contributed by atoms with Crippen molar-refractivity contribution in [2.75, 3.05) is 4.90 Å². The molecule has 15 rings (SSSR count). The van der Waals surface area contributed by atoms with Crippen molar-refractivity contribution in [1.82, 2.24) is 4.57 Å². The van der Waals surface area contributed by atoms with Gasteiger partial charge in [0.15, 0.2) is 0 Å². The van der Waals surface area contributed by atoms with Crippen LogP contribution in [0.3, 0.4) is 0 Å². The number of para-hydroxylation sites is 3. The number of aromatic nitrogens is 1. The van der Waals surface area contributed by atoms with Crippen molar-refractivity contribution in [3.63, 3.8) is 0 Å². The zero-order valence-corrected chi connectivity index (χ0v) is 40.0. The number of hydrogen-bond acceptors (Lipinski definition) is 1. The predicted molar refractivity (Wildman–Crippen MR) is 306 cm³/mol. The van der Waals surface area contributed by atoms with Gasteiger partial charge in [0.05, 0.1) is 22.1 Å². The Morgan fingerprint density at radius 3 is 1.53 bits per heavy atom. The normalized spacial score (nSPS) is 14.1. The Morgan fingerprint density at radius 2 is 0.822 bits per heavy atom. The van der Waals surface area contributed by atoms with E-state index in [9.17, 15) is 0 Å². The van der Waals surface area contributed by atoms with E-state index in [1.54, 1.807) is 0 Å². The van der Waals surface area contributed by atoms with Gasteiger partial charge in [-0.2, -0.15) is 0 Å². The second kappa shape index (κ2) is 16.3. The van der Waals surface area contributed by atoms with Gasteiger partial charge in [-0.25, -0.2) is 0 Å². The smallest absolute Gasteiger partial charge is 0.0782 e. The number of fused-ring (bicyclic) bond motifs is 12. The third-order valence-corrected chi connectivity index (χ3v) is 15.8. The molecule has 13 aromatic rings. The van der Waals surface area contributed by atoms with Crippen LogP contribution in [0.4, 0.5) is 17.1 Å². The first kappa shape index (κ1) is 41.3. The minimum Gasteiger partial charge on any atom is -0.308 e. The van der Waals surface area contributed by atoms with Crippen LogP contribution in [-0.4, -0.2) is 4.57 Å². The molecule has 0 saturated carbocycles. The van der Waals surface area contributed by atoms with Gasteiger partial charge in [-0.05, 0) is 137 Å². The Bertz CT molecular complexity index is 4300. The number of nitrogens with zero attached hydrogens (tertiary/aromatic N) is 2. The first-order valence-electron chi connectivity index (χ1n) is 25.3. The number of rotatable bonds is 7. The molecule has 0 saturated heterocycles. The van der Waals surface area contributed by atoms with Gasteiger partial charge in [-0.1, -0.05) is 231 Å². The topological polar surface area (TPSA) is 8.17 Å². The maximum atomic E-state index is 2.54. The molecule has 73 heavy (non-hydrogen) atoms. The quantitative estimate of drug-likeness (QED) is 0.155. The number of anilines is 3. The van der Waals surface area contributed by atoms with E-state index in [1.165, 1.54) is 105 Å². The van der Waals surface area contributed by atoms with Gasteiger partial charge in [0.2, 0.25) is 0 Å². The summed E-state index contributed by atoms with van der Waals surface area (Å²) in [4.78, 5) is 2.52. The van der Waals surface area contributed by atoms with Gasteiger partial charge >= 0.3 is 0 Å². The first-order valence-corrected chi connectivity index (χ1v) is 25.3. The standard InChI is InChI=1S/C71H46N2/c1-4-20-47(21-5-1)54-27-10-11-28-55(54)49-38-41-52(42-39-49)72(67-37-19-33-62-60-31-14-17-36-66(60)73(70(62)67)51-25-8-3-9-26-51)53-43-45-59-57-29-12-15-34-63(57)71(65(59)46-53)64-35-16-13-30-58(64)61-32-18-24-50-40-44-56(69(71)68(50)61)48-22-6-2-7-23-48/h1-46H. The predicted octanol–water partition coefficient (Wildman–Crippen LogP) is 18.8. The van der Waals surface area contributed by atoms with E-state index in [-0.39, 0.29) is 0 Å². The molecule has 0 amide bonds. The van der Waals surface area contributed by atoms with Crippen LogP contribution in [0.1, 0.15) is 22.3 Å². The van der Waals surface area contributed by atoms with Crippen molar-refractivity contribution < 1.29 is 0 Å². The fraction of sp³-hybridized carbons (Fsp3) is 0.0141. The van der Waals surface area contributed by atoms with Crippen LogP contribution in [0.5, 0.6) is 0 Å². The summed E-state index contributed by atoms with van der Waals surface area (Å²) < 4.78 is 2.46. The van der Waals surface area contributed by atoms with Crippen LogP contribution in [0.15, 0.2) is 279 Å². The van der Waals surface area contributed by atoms with E-state index in [2.05, 4.69) is 289 Å². The maximum Gasteiger partial charge on any atom is 0.0782 e. The van der Waals surface area contributed by atoms with Crippen molar-refractivity contribution in [2.24, 2.45) is 0 Å². The maximum absolute atomic E-state index is 2.54. The molecule has 0 radical (unpaired) electrons. The minimum atomic E-state index is -0.654. The molecule has 2 heteroatoms. The van der Waals surface area contributed by atoms with E-state index < -0.39 is 5.41 Å². The van der Waals surface area contributed by atoms with E-state index in [0.29, 0.717) is 0 Å². The fourth-order valence-corrected chi connectivity index (χ4v) is 12.8. The molecule has 0 fully saturated rings. The van der Waals surface area contributed by atoms with Gasteiger partial charge in [-0.3, -0.25) is 0 Å². The van der Waals surface area contributed by atoms with Gasteiger partial charge in [0, 0.05) is 27.8 Å². The lowest BCUT2D eigenvalue weighted by atomic mass is 9.60. The Labute approximate surface area is 425 Å². The van der Waals surface area contributed by atoms with Crippen LogP contribution in [-0.2, 0) is 5.41 Å². The SMILES string of the molecule is c1ccc(-c2ccccc2-c2ccc(N(c3ccc4c(c3)C3(c5ccccc5-4)c4ccccc4-c4cccc5ccc(-c6ccccc6)c3c45)c3cccc4c5ccccc5n(-c5ccccc5)c34)cc2)cc1. The Hall–Kier alpha value is -9.50. The third-order valence-electron chi connectivity index (χ3n) is 15.8. The van der Waals surface area contributed by atoms with Crippen molar-refractivity contribution in [3.8, 4) is 61.3 Å². The van der Waals surface area contributed by atoms with Crippen LogP contribution in [0.25, 0.3) is 93.9 Å². The van der Waals surface area contributed by atoms with E-state index in [0.717, 1.165) is 28.3 Å². The summed E-state index contributed by atoms with van der Waals surface area (Å²) in [5, 5.41) is 4.99. The van der Waals surface area contributed by atoms with Crippen LogP contribution >= 0.6 is 0 Å². The lowest BCUT2D eigenvalue weighted by Gasteiger charge is -2.41. The molecule has 0 bridgehead atoms. The summed E-state index contributed by atoms with van der Waals surface area (Å²) >= 11 is 0. The summed E-state index contributed by atoms with van der Waals surface area (Å²) in [5.74, 6) is 0. The van der Waals surface area contributed by atoms with Gasteiger partial charge in [-0.15, -0.1) is 0 Å². The third kappa shape index (κ3) is 6.05. The van der Waals surface area contributed by atoms with Gasteiger partial charge < -0.3 is 9.47 Å². The molecular formula is C71H46N2. The van der Waals surface area contributed by atoms with Crippen LogP contribution < -0.4 is 4.90 Å². The molecule has 1 atom stereocenters. The molecule has 1 unspecified atom stereocenters. The molecule has 1 aromatic heterocycles. The average molecular weight is 927 g/mol. The molecule has 2 nitrogen and oxygen atoms in total. The minimum absolute atomic E-state index is 0.654. The molecular weight excluding hydrogens is 881 g/mol. The van der Waals surface area contributed by atoms with Crippen LogP contribution in [0.2, 0.25) is 0 Å². The van der Waals surface area contributed by atoms with Crippen LogP contribution in [0, 0.1) is 0 Å². The van der Waals surface area contributed by atoms with E-state index in [4.69, 9.17) is 0 Å². The van der Waals surface area contributed by atoms with Gasteiger partial charge in [0.25, 0.3) is 0 Å². The van der Waals surface area contributed by atoms with Crippen molar-refractivity contribution in [2.45, 2.75) is 5.41 Å². The molecule has 340 valence electrons. The molecule has 12 aromatic carbocycles. The Morgan fingerprint density at radius 1 is 0.315 bits per heavy atom. The molecule has 0 aliphatic heterocycles. The summed E-state index contributed by atoms with van der Waals surface area (Å²) in [7, 11) is 0. The van der Waals surface area contributed by atoms with E-state index >= 15 is 0 Å². The molecule has 0 N–H and O–H groups in total. The van der Waals surface area contributed by atoms with Crippen molar-refractivity contribution in [1.29, 1.82) is 0 Å². The Balaban J connectivity index is 1.04. The van der Waals surface area contributed by atoms with Crippen molar-refractivity contribution in [3.05, 3.63) is 301 Å². The molecule has 2 aliphatic rings. The summed E-state index contributed by atoms with van der Waals surface area (Å²) in [5.41, 5.74) is 23.6. The fourth-order valence-electron chi connectivity index (χ4n) is 12.8. The highest BCUT2D eigenvalue weighted by Gasteiger charge is 2.51. The lowest BCUT2D eigenvalue weighted by molar-refractivity contribution is 0.775. The highest BCUT2D eigenvalue weighted by molar-refractivity contribution is 6.15. The summed E-state index contributed by atoms with van der Waals surface area (Å²) in [6.07, 6.45) is 0. The number of benzene rings is 12. The molecule has 1 spiro atoms. The second-order valence-corrected chi connectivity index (χ2v) is 19.5. The number of hydrogen-bond donors (Lipinski definition) is 0. The second-order valence-electron chi connectivity index (χ2n) is 19.5. The largest absolute Gasteiger partial charge is 0.308 e. The Kier molecular flexibility index (Phi) is 9.21. The van der Waals surface area contributed by atoms with Crippen molar-refractivity contribution >= 4 is 49.6 Å². The zero-order valence-electron chi connectivity index (χ0n) is 40.0. The monoisotopic (exact) mass is 926 g/mol. The van der Waals surface area contributed by atoms with Gasteiger partial charge in [0.1, 0.15) is 0 Å².